The van der Waals surface area contributed by atoms with Gasteiger partial charge < -0.3 is 15.5 Å². The van der Waals surface area contributed by atoms with E-state index in [0.29, 0.717) is 13.1 Å². The normalized spacial score (nSPS) is 23.3. The topological polar surface area (TPSA) is 69.6 Å². The minimum atomic E-state index is -0.394. The molecule has 1 saturated heterocycles. The fourth-order valence-electron chi connectivity index (χ4n) is 3.72. The number of hydrogen-bond donors (Lipinski definition) is 2. The van der Waals surface area contributed by atoms with Crippen LogP contribution < -0.4 is 10.6 Å². The van der Waals surface area contributed by atoms with Gasteiger partial charge in [-0.3, -0.25) is 9.79 Å². The van der Waals surface area contributed by atoms with E-state index in [0.717, 1.165) is 42.3 Å². The third kappa shape index (κ3) is 3.14. The van der Waals surface area contributed by atoms with Crippen LogP contribution in [0.5, 0.6) is 0 Å². The highest BCUT2D eigenvalue weighted by molar-refractivity contribution is 6.09. The lowest BCUT2D eigenvalue weighted by atomic mass is 9.85. The van der Waals surface area contributed by atoms with Crippen LogP contribution in [0.2, 0.25) is 0 Å². The Labute approximate surface area is 153 Å². The Hall–Kier alpha value is -2.89. The number of amides is 1. The Morgan fingerprint density at radius 2 is 2.12 bits per heavy atom. The van der Waals surface area contributed by atoms with E-state index in [1.807, 2.05) is 35.2 Å². The molecular formula is C20H23N5O. The summed E-state index contributed by atoms with van der Waals surface area (Å²) in [7, 11) is 0. The van der Waals surface area contributed by atoms with E-state index in [-0.39, 0.29) is 5.91 Å². The molecule has 0 aliphatic carbocycles. The van der Waals surface area contributed by atoms with Crippen molar-refractivity contribution in [3.05, 3.63) is 54.2 Å². The molecule has 2 aliphatic rings. The Kier molecular flexibility index (Phi) is 4.32. The maximum atomic E-state index is 12.0. The van der Waals surface area contributed by atoms with Crippen LogP contribution in [0, 0.1) is 0 Å². The molecule has 1 fully saturated rings. The SMILES string of the molecule is CC(=O)N1CCCC2(C1)Nc1cccnc1NC2=NCc1ccccc1. The van der Waals surface area contributed by atoms with Gasteiger partial charge in [0.05, 0.1) is 18.8 Å². The molecule has 1 amide bonds. The number of rotatable bonds is 2. The predicted octanol–water partition coefficient (Wildman–Crippen LogP) is 2.90. The minimum absolute atomic E-state index is 0.102. The van der Waals surface area contributed by atoms with Crippen LogP contribution in [0.4, 0.5) is 11.5 Å². The Bertz CT molecular complexity index is 835. The smallest absolute Gasteiger partial charge is 0.219 e. The molecule has 4 rings (SSSR count). The van der Waals surface area contributed by atoms with Crippen LogP contribution >= 0.6 is 0 Å². The van der Waals surface area contributed by atoms with Crippen molar-refractivity contribution in [2.24, 2.45) is 4.99 Å². The largest absolute Gasteiger partial charge is 0.368 e. The lowest BCUT2D eigenvalue weighted by molar-refractivity contribution is -0.130. The van der Waals surface area contributed by atoms with Crippen molar-refractivity contribution in [3.63, 3.8) is 0 Å². The zero-order valence-corrected chi connectivity index (χ0v) is 14.9. The molecule has 1 aromatic heterocycles. The number of carbonyl (C=O) groups is 1. The Morgan fingerprint density at radius 3 is 2.92 bits per heavy atom. The van der Waals surface area contributed by atoms with E-state index < -0.39 is 5.54 Å². The van der Waals surface area contributed by atoms with E-state index >= 15 is 0 Å². The highest BCUT2D eigenvalue weighted by Gasteiger charge is 2.44. The second-order valence-electron chi connectivity index (χ2n) is 6.93. The number of pyridine rings is 1. The van der Waals surface area contributed by atoms with Crippen LogP contribution in [-0.4, -0.2) is 40.3 Å². The molecule has 0 saturated carbocycles. The summed E-state index contributed by atoms with van der Waals surface area (Å²) in [5, 5.41) is 7.06. The summed E-state index contributed by atoms with van der Waals surface area (Å²) in [6, 6.07) is 14.1. The van der Waals surface area contributed by atoms with Gasteiger partial charge >= 0.3 is 0 Å². The maximum absolute atomic E-state index is 12.0. The molecular weight excluding hydrogens is 326 g/mol. The van der Waals surface area contributed by atoms with Gasteiger partial charge in [-0.25, -0.2) is 4.98 Å². The lowest BCUT2D eigenvalue weighted by Crippen LogP contribution is -2.62. The summed E-state index contributed by atoms with van der Waals surface area (Å²) in [5.74, 6) is 1.74. The molecule has 1 spiro atoms. The van der Waals surface area contributed by atoms with Crippen LogP contribution in [0.15, 0.2) is 53.7 Å². The summed E-state index contributed by atoms with van der Waals surface area (Å²) in [4.78, 5) is 23.2. The molecule has 6 nitrogen and oxygen atoms in total. The van der Waals surface area contributed by atoms with Crippen molar-refractivity contribution >= 4 is 23.2 Å². The first-order valence-electron chi connectivity index (χ1n) is 9.01. The molecule has 1 atom stereocenters. The van der Waals surface area contributed by atoms with Gasteiger partial charge in [0.15, 0.2) is 5.82 Å². The van der Waals surface area contributed by atoms with Gasteiger partial charge in [0, 0.05) is 19.7 Å². The van der Waals surface area contributed by atoms with E-state index in [1.54, 1.807) is 13.1 Å². The zero-order valence-electron chi connectivity index (χ0n) is 14.9. The molecule has 0 bridgehead atoms. The van der Waals surface area contributed by atoms with Gasteiger partial charge in [-0.1, -0.05) is 30.3 Å². The number of hydrogen-bond acceptors (Lipinski definition) is 4. The van der Waals surface area contributed by atoms with Crippen molar-refractivity contribution in [1.82, 2.24) is 9.88 Å². The summed E-state index contributed by atoms with van der Waals surface area (Å²) >= 11 is 0. The molecule has 0 radical (unpaired) electrons. The van der Waals surface area contributed by atoms with Crippen LogP contribution in [0.25, 0.3) is 0 Å². The molecule has 2 aliphatic heterocycles. The molecule has 6 heteroatoms. The molecule has 1 unspecified atom stereocenters. The first-order chi connectivity index (χ1) is 12.7. The molecule has 3 heterocycles. The Balaban J connectivity index is 1.69. The lowest BCUT2D eigenvalue weighted by Gasteiger charge is -2.46. The van der Waals surface area contributed by atoms with Gasteiger partial charge in [0.1, 0.15) is 11.4 Å². The summed E-state index contributed by atoms with van der Waals surface area (Å²) < 4.78 is 0. The highest BCUT2D eigenvalue weighted by Crippen LogP contribution is 2.35. The number of aromatic nitrogens is 1. The molecule has 26 heavy (non-hydrogen) atoms. The quantitative estimate of drug-likeness (QED) is 0.875. The summed E-state index contributed by atoms with van der Waals surface area (Å²) in [5.41, 5.74) is 1.72. The molecule has 134 valence electrons. The highest BCUT2D eigenvalue weighted by atomic mass is 16.2. The number of amidine groups is 1. The van der Waals surface area contributed by atoms with Gasteiger partial charge in [-0.15, -0.1) is 0 Å². The average Bonchev–Trinajstić information content (AvgIpc) is 2.67. The predicted molar refractivity (Wildman–Crippen MR) is 103 cm³/mol. The number of anilines is 2. The summed E-state index contributed by atoms with van der Waals surface area (Å²) in [6.45, 7) is 3.63. The standard InChI is InChI=1S/C20H23N5O/c1-15(26)25-12-6-10-20(14-25)19(22-13-16-7-3-2-4-8-16)23-18-17(24-20)9-5-11-21-18/h2-5,7-9,11,24H,6,10,12-14H2,1H3,(H,21,22,23). The number of fused-ring (bicyclic) bond motifs is 1. The number of nitrogens with one attached hydrogen (secondary N) is 2. The van der Waals surface area contributed by atoms with Crippen molar-refractivity contribution in [3.8, 4) is 0 Å². The van der Waals surface area contributed by atoms with Gasteiger partial charge in [-0.05, 0) is 30.5 Å². The van der Waals surface area contributed by atoms with Crippen molar-refractivity contribution < 1.29 is 4.79 Å². The second-order valence-corrected chi connectivity index (χ2v) is 6.93. The minimum Gasteiger partial charge on any atom is -0.368 e. The van der Waals surface area contributed by atoms with Crippen molar-refractivity contribution in [2.45, 2.75) is 31.8 Å². The van der Waals surface area contributed by atoms with Crippen LogP contribution in [0.3, 0.4) is 0 Å². The van der Waals surface area contributed by atoms with Crippen molar-refractivity contribution in [1.29, 1.82) is 0 Å². The third-order valence-electron chi connectivity index (χ3n) is 5.07. The van der Waals surface area contributed by atoms with Crippen LogP contribution in [0.1, 0.15) is 25.3 Å². The number of nitrogens with zero attached hydrogens (tertiary/aromatic N) is 3. The van der Waals surface area contributed by atoms with E-state index in [2.05, 4.69) is 27.8 Å². The number of likely N-dealkylation sites (tertiary alicyclic amines) is 1. The Morgan fingerprint density at radius 1 is 1.27 bits per heavy atom. The number of aliphatic imine (C=N–C) groups is 1. The maximum Gasteiger partial charge on any atom is 0.219 e. The fraction of sp³-hybridized carbons (Fsp3) is 0.350. The van der Waals surface area contributed by atoms with Crippen LogP contribution in [-0.2, 0) is 11.3 Å². The van der Waals surface area contributed by atoms with Crippen molar-refractivity contribution in [2.75, 3.05) is 23.7 Å². The first-order valence-corrected chi connectivity index (χ1v) is 9.01. The van der Waals surface area contributed by atoms with Gasteiger partial charge in [-0.2, -0.15) is 0 Å². The van der Waals surface area contributed by atoms with E-state index in [1.165, 1.54) is 0 Å². The fourth-order valence-corrected chi connectivity index (χ4v) is 3.72. The molecule has 1 aromatic carbocycles. The second kappa shape index (κ2) is 6.78. The number of piperidine rings is 1. The van der Waals surface area contributed by atoms with E-state index in [4.69, 9.17) is 4.99 Å². The third-order valence-corrected chi connectivity index (χ3v) is 5.07. The summed E-state index contributed by atoms with van der Waals surface area (Å²) in [6.07, 6.45) is 3.63. The number of benzene rings is 1. The van der Waals surface area contributed by atoms with Gasteiger partial charge in [0.25, 0.3) is 0 Å². The molecule has 2 aromatic rings. The zero-order chi connectivity index (χ0) is 18.0. The first kappa shape index (κ1) is 16.6. The average molecular weight is 349 g/mol. The number of carbonyl (C=O) groups excluding carboxylic acids is 1. The van der Waals surface area contributed by atoms with E-state index in [9.17, 15) is 4.79 Å². The monoisotopic (exact) mass is 349 g/mol. The molecule has 2 N–H and O–H groups in total. The van der Waals surface area contributed by atoms with Gasteiger partial charge in [0.2, 0.25) is 5.91 Å².